The molecule has 4 heterocycles. The molecule has 0 amide bonds. The fourth-order valence-electron chi connectivity index (χ4n) is 9.46. The van der Waals surface area contributed by atoms with Gasteiger partial charge in [0, 0.05) is 74.7 Å². The molecule has 4 fully saturated rings. The van der Waals surface area contributed by atoms with E-state index in [1.807, 2.05) is 30.5 Å². The summed E-state index contributed by atoms with van der Waals surface area (Å²) in [6.45, 7) is 11.7. The highest BCUT2D eigenvalue weighted by Gasteiger charge is 2.50. The van der Waals surface area contributed by atoms with E-state index >= 15 is 0 Å². The Bertz CT molecular complexity index is 1730. The Labute approximate surface area is 285 Å². The number of hydrogen-bond donors (Lipinski definition) is 1. The topological polar surface area (TPSA) is 64.7 Å². The fraction of sp³-hybridized carbons (Fsp3) is 0.512. The molecule has 4 aromatic rings. The molecule has 1 N–H and O–H groups in total. The van der Waals surface area contributed by atoms with Crippen LogP contribution in [0.3, 0.4) is 0 Å². The molecule has 1 atom stereocenters. The number of aromatic amines is 1. The maximum atomic E-state index is 11.9. The smallest absolute Gasteiger partial charge is 0.153 e. The summed E-state index contributed by atoms with van der Waals surface area (Å²) >= 11 is 0. The maximum absolute atomic E-state index is 11.9. The number of fused-ring (bicyclic) bond motifs is 1. The Morgan fingerprint density at radius 2 is 1.81 bits per heavy atom. The van der Waals surface area contributed by atoms with Gasteiger partial charge in [-0.05, 0) is 91.2 Å². The van der Waals surface area contributed by atoms with Gasteiger partial charge in [0.1, 0.15) is 17.1 Å². The van der Waals surface area contributed by atoms with E-state index in [2.05, 4.69) is 68.8 Å². The van der Waals surface area contributed by atoms with Gasteiger partial charge in [-0.15, -0.1) is 0 Å². The van der Waals surface area contributed by atoms with Gasteiger partial charge in [0.25, 0.3) is 0 Å². The van der Waals surface area contributed by atoms with Gasteiger partial charge in [-0.2, -0.15) is 0 Å². The number of ether oxygens (including phenoxy) is 1. The van der Waals surface area contributed by atoms with Crippen molar-refractivity contribution < 1.29 is 9.53 Å². The summed E-state index contributed by atoms with van der Waals surface area (Å²) in [5.41, 5.74) is 6.05. The van der Waals surface area contributed by atoms with E-state index in [-0.39, 0.29) is 0 Å². The average Bonchev–Trinajstić information content (AvgIpc) is 3.79. The summed E-state index contributed by atoms with van der Waals surface area (Å²) in [5.74, 6) is 2.66. The van der Waals surface area contributed by atoms with Crippen LogP contribution < -0.4 is 9.64 Å². The van der Waals surface area contributed by atoms with Crippen molar-refractivity contribution in [1.29, 1.82) is 0 Å². The van der Waals surface area contributed by atoms with Gasteiger partial charge in [-0.1, -0.05) is 51.0 Å². The number of anilines is 1. The molecule has 2 aliphatic heterocycles. The van der Waals surface area contributed by atoms with Crippen molar-refractivity contribution in [3.05, 3.63) is 83.7 Å². The second-order valence-corrected chi connectivity index (χ2v) is 15.5. The van der Waals surface area contributed by atoms with Crippen molar-refractivity contribution in [2.75, 3.05) is 44.2 Å². The molecular formula is C41H51N5O2. The minimum absolute atomic E-state index is 0.448. The lowest BCUT2D eigenvalue weighted by Gasteiger charge is -2.58. The maximum Gasteiger partial charge on any atom is 0.153 e. The van der Waals surface area contributed by atoms with E-state index in [9.17, 15) is 4.79 Å². The number of rotatable bonds is 9. The van der Waals surface area contributed by atoms with Crippen molar-refractivity contribution in [2.24, 2.45) is 11.3 Å². The standard InChI is InChI=1S/C41H51N5O2/c1-29(2)36-9-5-6-10-37(36)38-27-44(26-30-7-3-4-8-30)19-20-46(38)34-23-41(24-34)14-17-45(18-15-41)33-12-11-32(28-47)39(22-33)48-35-21-31-13-16-42-40(31)43-25-35/h5-6,9-13,16,21-22,25,28-30,34,38H,3-4,7-8,14-15,17-20,23-24,26-27H2,1-2H3,(H,42,43). The minimum atomic E-state index is 0.448. The number of nitrogens with zero attached hydrogens (tertiary/aromatic N) is 4. The van der Waals surface area contributed by atoms with E-state index in [0.717, 1.165) is 42.0 Å². The van der Waals surface area contributed by atoms with Crippen LogP contribution in [-0.4, -0.2) is 71.4 Å². The Kier molecular flexibility index (Phi) is 8.76. The Balaban J connectivity index is 0.933. The average molecular weight is 646 g/mol. The van der Waals surface area contributed by atoms with Crippen molar-refractivity contribution in [1.82, 2.24) is 19.8 Å². The van der Waals surface area contributed by atoms with Crippen LogP contribution in [0.2, 0.25) is 0 Å². The summed E-state index contributed by atoms with van der Waals surface area (Å²) in [4.78, 5) is 27.7. The zero-order valence-electron chi connectivity index (χ0n) is 28.7. The highest BCUT2D eigenvalue weighted by molar-refractivity contribution is 5.81. The third kappa shape index (κ3) is 6.27. The van der Waals surface area contributed by atoms with E-state index < -0.39 is 0 Å². The molecule has 8 rings (SSSR count). The lowest BCUT2D eigenvalue weighted by atomic mass is 9.59. The number of nitrogens with one attached hydrogen (secondary N) is 1. The van der Waals surface area contributed by atoms with Crippen LogP contribution in [0.1, 0.15) is 98.7 Å². The van der Waals surface area contributed by atoms with E-state index in [1.165, 1.54) is 83.1 Å². The molecule has 2 aromatic carbocycles. The van der Waals surface area contributed by atoms with Crippen LogP contribution in [0, 0.1) is 11.3 Å². The van der Waals surface area contributed by atoms with Gasteiger partial charge < -0.3 is 14.6 Å². The Morgan fingerprint density at radius 3 is 2.60 bits per heavy atom. The molecule has 0 bridgehead atoms. The summed E-state index contributed by atoms with van der Waals surface area (Å²) in [6.07, 6.45) is 15.2. The fourth-order valence-corrected chi connectivity index (χ4v) is 9.46. The quantitative estimate of drug-likeness (QED) is 0.184. The number of hydrogen-bond acceptors (Lipinski definition) is 6. The molecule has 4 aliphatic rings. The van der Waals surface area contributed by atoms with E-state index in [1.54, 1.807) is 11.8 Å². The Hall–Kier alpha value is -3.68. The third-order valence-electron chi connectivity index (χ3n) is 12.2. The predicted molar refractivity (Wildman–Crippen MR) is 193 cm³/mol. The first-order valence-corrected chi connectivity index (χ1v) is 18.5. The predicted octanol–water partition coefficient (Wildman–Crippen LogP) is 8.59. The molecule has 2 saturated heterocycles. The lowest BCUT2D eigenvalue weighted by molar-refractivity contribution is -0.0631. The first-order valence-electron chi connectivity index (χ1n) is 18.5. The van der Waals surface area contributed by atoms with Gasteiger partial charge in [-0.25, -0.2) is 4.98 Å². The molecular weight excluding hydrogens is 594 g/mol. The number of pyridine rings is 1. The highest BCUT2D eigenvalue weighted by Crippen LogP contribution is 2.53. The third-order valence-corrected chi connectivity index (χ3v) is 12.2. The van der Waals surface area contributed by atoms with E-state index in [0.29, 0.717) is 40.5 Å². The molecule has 252 valence electrons. The highest BCUT2D eigenvalue weighted by atomic mass is 16.5. The van der Waals surface area contributed by atoms with Gasteiger partial charge in [0.2, 0.25) is 0 Å². The number of H-pyrrole nitrogens is 1. The van der Waals surface area contributed by atoms with Crippen molar-refractivity contribution in [2.45, 2.75) is 83.2 Å². The van der Waals surface area contributed by atoms with Gasteiger partial charge >= 0.3 is 0 Å². The van der Waals surface area contributed by atoms with Crippen molar-refractivity contribution >= 4 is 23.0 Å². The molecule has 48 heavy (non-hydrogen) atoms. The molecule has 1 spiro atoms. The molecule has 2 aliphatic carbocycles. The van der Waals surface area contributed by atoms with Crippen LogP contribution in [-0.2, 0) is 0 Å². The van der Waals surface area contributed by atoms with Crippen LogP contribution in [0.5, 0.6) is 11.5 Å². The molecule has 1 unspecified atom stereocenters. The summed E-state index contributed by atoms with van der Waals surface area (Å²) in [6, 6.07) is 20.4. The number of aldehydes is 1. The minimum Gasteiger partial charge on any atom is -0.455 e. The number of benzene rings is 2. The molecule has 0 radical (unpaired) electrons. The van der Waals surface area contributed by atoms with Crippen LogP contribution in [0.15, 0.2) is 67.0 Å². The van der Waals surface area contributed by atoms with Crippen molar-refractivity contribution in [3.63, 3.8) is 0 Å². The second-order valence-electron chi connectivity index (χ2n) is 15.5. The SMILES string of the molecule is CC(C)c1ccccc1C1CN(CC2CCCC2)CCN1C1CC2(CCN(c3ccc(C=O)c(Oc4cnc5[nH]ccc5c4)c3)CC2)C1. The summed E-state index contributed by atoms with van der Waals surface area (Å²) in [5, 5.41) is 0.984. The first-order chi connectivity index (χ1) is 23.5. The number of carbonyl (C=O) groups is 1. The first kappa shape index (κ1) is 31.6. The number of piperazine rings is 1. The molecule has 2 saturated carbocycles. The molecule has 2 aromatic heterocycles. The molecule has 7 nitrogen and oxygen atoms in total. The normalized spacial score (nSPS) is 22.5. The second kappa shape index (κ2) is 13.3. The number of aromatic nitrogens is 2. The summed E-state index contributed by atoms with van der Waals surface area (Å²) in [7, 11) is 0. The van der Waals surface area contributed by atoms with Gasteiger partial charge in [-0.3, -0.25) is 14.6 Å². The molecule has 7 heteroatoms. The van der Waals surface area contributed by atoms with Gasteiger partial charge in [0.15, 0.2) is 6.29 Å². The van der Waals surface area contributed by atoms with Crippen LogP contribution in [0.4, 0.5) is 5.69 Å². The zero-order chi connectivity index (χ0) is 32.7. The van der Waals surface area contributed by atoms with Gasteiger partial charge in [0.05, 0.1) is 11.8 Å². The number of piperidine rings is 1. The van der Waals surface area contributed by atoms with E-state index in [4.69, 9.17) is 4.74 Å². The van der Waals surface area contributed by atoms with Crippen LogP contribution in [0.25, 0.3) is 11.0 Å². The largest absolute Gasteiger partial charge is 0.455 e. The van der Waals surface area contributed by atoms with Crippen LogP contribution >= 0.6 is 0 Å². The zero-order valence-corrected chi connectivity index (χ0v) is 28.7. The Morgan fingerprint density at radius 1 is 1.00 bits per heavy atom. The van der Waals surface area contributed by atoms with Crippen molar-refractivity contribution in [3.8, 4) is 11.5 Å². The number of carbonyl (C=O) groups excluding carboxylic acids is 1. The lowest BCUT2D eigenvalue weighted by Crippen LogP contribution is -2.60. The summed E-state index contributed by atoms with van der Waals surface area (Å²) < 4.78 is 6.23. The monoisotopic (exact) mass is 645 g/mol.